The zero-order valence-electron chi connectivity index (χ0n) is 18.8. The summed E-state index contributed by atoms with van der Waals surface area (Å²) in [6, 6.07) is 4.14. The van der Waals surface area contributed by atoms with Crippen LogP contribution in [0.15, 0.2) is 35.5 Å². The van der Waals surface area contributed by atoms with Crippen molar-refractivity contribution in [3.05, 3.63) is 46.6 Å². The van der Waals surface area contributed by atoms with Crippen LogP contribution in [0.5, 0.6) is 0 Å². The van der Waals surface area contributed by atoms with Crippen molar-refractivity contribution in [3.63, 3.8) is 0 Å². The maximum atomic E-state index is 13.6. The van der Waals surface area contributed by atoms with Crippen LogP contribution in [-0.2, 0) is 15.9 Å². The summed E-state index contributed by atoms with van der Waals surface area (Å²) < 4.78 is 98.8. The van der Waals surface area contributed by atoms with E-state index in [0.717, 1.165) is 23.3 Å². The summed E-state index contributed by atoms with van der Waals surface area (Å²) in [4.78, 5) is 19.5. The van der Waals surface area contributed by atoms with E-state index in [1.165, 1.54) is 23.2 Å². The lowest BCUT2D eigenvalue weighted by molar-refractivity contribution is -0.145. The first-order valence-corrected chi connectivity index (χ1v) is 12.8. The van der Waals surface area contributed by atoms with Gasteiger partial charge in [0.05, 0.1) is 38.1 Å². The highest BCUT2D eigenvalue weighted by Gasteiger charge is 2.36. The van der Waals surface area contributed by atoms with Crippen molar-refractivity contribution in [3.8, 4) is 0 Å². The van der Waals surface area contributed by atoms with Crippen LogP contribution in [0.3, 0.4) is 0 Å². The minimum atomic E-state index is -4.83. The number of carbonyl (C=O) groups is 1. The van der Waals surface area contributed by atoms with Gasteiger partial charge in [0.25, 0.3) is 5.91 Å². The predicted octanol–water partition coefficient (Wildman–Crippen LogP) is 5.12. The largest absolute Gasteiger partial charge is 0.417 e. The summed E-state index contributed by atoms with van der Waals surface area (Å²) >= 11 is 5.86. The molecule has 0 aliphatic carbocycles. The number of anilines is 2. The number of alkyl halides is 6. The first-order valence-electron chi connectivity index (χ1n) is 10.5. The summed E-state index contributed by atoms with van der Waals surface area (Å²) in [6.45, 7) is -1.08. The maximum Gasteiger partial charge on any atom is 0.417 e. The minimum Gasteiger partial charge on any atom is -0.370 e. The molecule has 1 fully saturated rings. The predicted molar refractivity (Wildman–Crippen MR) is 123 cm³/mol. The molecule has 1 aliphatic heterocycles. The van der Waals surface area contributed by atoms with Gasteiger partial charge in [0, 0.05) is 44.3 Å². The van der Waals surface area contributed by atoms with Gasteiger partial charge >= 0.3 is 12.4 Å². The summed E-state index contributed by atoms with van der Waals surface area (Å²) in [5, 5.41) is 1.65. The Kier molecular flexibility index (Phi) is 8.10. The van der Waals surface area contributed by atoms with Gasteiger partial charge in [-0.3, -0.25) is 9.69 Å². The SMILES string of the molecule is CS(=N)(=O)c1cc(NC(=O)c2cc(Cl)c(C(F)(F)F)cc2N2CCCN(CC(F)(F)F)CC2)ccn1. The number of amides is 1. The molecule has 7 nitrogen and oxygen atoms in total. The molecular weight excluding hydrogens is 536 g/mol. The van der Waals surface area contributed by atoms with E-state index in [-0.39, 0.29) is 54.6 Å². The minimum absolute atomic E-state index is 0.0502. The molecule has 3 rings (SSSR count). The molecule has 1 atom stereocenters. The summed E-state index contributed by atoms with van der Waals surface area (Å²) in [5.74, 6) is -0.846. The quantitative estimate of drug-likeness (QED) is 0.498. The standard InChI is InChI=1S/C21H22ClF6N5O2S/c1-36(29,35)18-9-13(3-4-30-18)31-19(34)14-10-16(22)15(21(26,27)28)11-17(14)33-6-2-5-32(7-8-33)12-20(23,24)25/h3-4,9-11,29H,2,5-8,12H2,1H3,(H,30,31,34). The fourth-order valence-electron chi connectivity index (χ4n) is 3.74. The Balaban J connectivity index is 1.97. The van der Waals surface area contributed by atoms with Gasteiger partial charge in [-0.1, -0.05) is 11.6 Å². The van der Waals surface area contributed by atoms with Gasteiger partial charge in [0.15, 0.2) is 0 Å². The molecule has 0 bridgehead atoms. The number of nitrogens with one attached hydrogen (secondary N) is 2. The second-order valence-electron chi connectivity index (χ2n) is 8.26. The topological polar surface area (TPSA) is 89.4 Å². The van der Waals surface area contributed by atoms with Crippen molar-refractivity contribution < 1.29 is 35.3 Å². The molecule has 1 aromatic carbocycles. The maximum absolute atomic E-state index is 13.6. The molecule has 2 N–H and O–H groups in total. The van der Waals surface area contributed by atoms with Gasteiger partial charge in [-0.15, -0.1) is 0 Å². The number of rotatable bonds is 5. The highest BCUT2D eigenvalue weighted by Crippen LogP contribution is 2.39. The highest BCUT2D eigenvalue weighted by molar-refractivity contribution is 7.91. The lowest BCUT2D eigenvalue weighted by Crippen LogP contribution is -2.37. The Morgan fingerprint density at radius 1 is 1.14 bits per heavy atom. The molecule has 0 radical (unpaired) electrons. The lowest BCUT2D eigenvalue weighted by Gasteiger charge is -2.27. The number of aromatic nitrogens is 1. The van der Waals surface area contributed by atoms with Crippen molar-refractivity contribution in [1.82, 2.24) is 9.88 Å². The average Bonchev–Trinajstić information content (AvgIpc) is 2.96. The third kappa shape index (κ3) is 7.23. The van der Waals surface area contributed by atoms with Crippen molar-refractivity contribution in [2.24, 2.45) is 0 Å². The second kappa shape index (κ2) is 10.4. The molecular formula is C21H22ClF6N5O2S. The van der Waals surface area contributed by atoms with Gasteiger partial charge in [0.2, 0.25) is 0 Å². The number of carbonyl (C=O) groups excluding carboxylic acids is 1. The van der Waals surface area contributed by atoms with Crippen LogP contribution < -0.4 is 10.2 Å². The molecule has 1 saturated heterocycles. The van der Waals surface area contributed by atoms with Crippen molar-refractivity contribution in [2.75, 3.05) is 49.2 Å². The van der Waals surface area contributed by atoms with Gasteiger partial charge < -0.3 is 10.2 Å². The van der Waals surface area contributed by atoms with E-state index in [1.807, 2.05) is 0 Å². The zero-order chi connectivity index (χ0) is 26.9. The van der Waals surface area contributed by atoms with E-state index in [0.29, 0.717) is 0 Å². The van der Waals surface area contributed by atoms with E-state index < -0.39 is 45.1 Å². The molecule has 1 aromatic heterocycles. The number of benzene rings is 1. The third-order valence-corrected chi connectivity index (χ3v) is 6.69. The average molecular weight is 558 g/mol. The van der Waals surface area contributed by atoms with Crippen LogP contribution in [0, 0.1) is 4.78 Å². The van der Waals surface area contributed by atoms with Crippen LogP contribution in [0.25, 0.3) is 0 Å². The van der Waals surface area contributed by atoms with Crippen molar-refractivity contribution >= 4 is 38.6 Å². The van der Waals surface area contributed by atoms with Crippen LogP contribution in [0.1, 0.15) is 22.3 Å². The molecule has 2 heterocycles. The molecule has 0 spiro atoms. The first kappa shape index (κ1) is 28.0. The van der Waals surface area contributed by atoms with Crippen LogP contribution in [-0.4, -0.2) is 65.2 Å². The Hall–Kier alpha value is -2.58. The van der Waals surface area contributed by atoms with Crippen LogP contribution >= 0.6 is 11.6 Å². The molecule has 2 aromatic rings. The lowest BCUT2D eigenvalue weighted by atomic mass is 10.1. The highest BCUT2D eigenvalue weighted by atomic mass is 35.5. The number of hydrogen-bond acceptors (Lipinski definition) is 6. The summed E-state index contributed by atoms with van der Waals surface area (Å²) in [6.07, 6.45) is -6.68. The van der Waals surface area contributed by atoms with Gasteiger partial charge in [0.1, 0.15) is 5.03 Å². The first-order chi connectivity index (χ1) is 16.5. The van der Waals surface area contributed by atoms with Gasteiger partial charge in [-0.05, 0) is 30.7 Å². The van der Waals surface area contributed by atoms with Gasteiger partial charge in [-0.2, -0.15) is 26.3 Å². The third-order valence-electron chi connectivity index (χ3n) is 5.36. The monoisotopic (exact) mass is 557 g/mol. The number of nitrogens with zero attached hydrogens (tertiary/aromatic N) is 3. The van der Waals surface area contributed by atoms with E-state index in [1.54, 1.807) is 0 Å². The normalized spacial score (nSPS) is 17.4. The molecule has 1 amide bonds. The van der Waals surface area contributed by atoms with Gasteiger partial charge in [-0.25, -0.2) is 14.0 Å². The number of halogens is 7. The zero-order valence-corrected chi connectivity index (χ0v) is 20.4. The van der Waals surface area contributed by atoms with Crippen LogP contribution in [0.2, 0.25) is 5.02 Å². The molecule has 36 heavy (non-hydrogen) atoms. The fraction of sp³-hybridized carbons (Fsp3) is 0.429. The van der Waals surface area contributed by atoms with Crippen LogP contribution in [0.4, 0.5) is 37.7 Å². The van der Waals surface area contributed by atoms with E-state index >= 15 is 0 Å². The molecule has 15 heteroatoms. The Morgan fingerprint density at radius 2 is 1.83 bits per heavy atom. The Bertz CT molecular complexity index is 1240. The second-order valence-corrected chi connectivity index (χ2v) is 10.8. The molecule has 198 valence electrons. The van der Waals surface area contributed by atoms with E-state index in [4.69, 9.17) is 16.4 Å². The fourth-order valence-corrected chi connectivity index (χ4v) is 4.63. The summed E-state index contributed by atoms with van der Waals surface area (Å²) in [7, 11) is -3.20. The Labute approximate surface area is 208 Å². The molecule has 0 saturated carbocycles. The van der Waals surface area contributed by atoms with Crippen molar-refractivity contribution in [1.29, 1.82) is 4.78 Å². The van der Waals surface area contributed by atoms with Crippen molar-refractivity contribution in [2.45, 2.75) is 23.8 Å². The van der Waals surface area contributed by atoms with E-state index in [9.17, 15) is 35.3 Å². The smallest absolute Gasteiger partial charge is 0.370 e. The van der Waals surface area contributed by atoms with E-state index in [2.05, 4.69) is 10.3 Å². The molecule has 1 aliphatic rings. The number of hydrogen-bond donors (Lipinski definition) is 2. The number of pyridine rings is 1. The summed E-state index contributed by atoms with van der Waals surface area (Å²) in [5.41, 5.74) is -1.44. The molecule has 1 unspecified atom stereocenters. The Morgan fingerprint density at radius 3 is 2.44 bits per heavy atom.